The lowest BCUT2D eigenvalue weighted by molar-refractivity contribution is -0.137. The van der Waals surface area contributed by atoms with Crippen molar-refractivity contribution in [2.75, 3.05) is 0 Å². The Kier molecular flexibility index (Phi) is 4.58. The molecule has 1 aliphatic heterocycles. The molecule has 118 valence electrons. The van der Waals surface area contributed by atoms with E-state index in [9.17, 15) is 18.0 Å². The number of thiazole rings is 1. The highest BCUT2D eigenvalue weighted by Gasteiger charge is 2.39. The second-order valence-corrected chi connectivity index (χ2v) is 8.15. The first-order chi connectivity index (χ1) is 9.57. The highest BCUT2D eigenvalue weighted by atomic mass is 32.2. The fourth-order valence-electron chi connectivity index (χ4n) is 2.05. The number of nitrogens with one attached hydrogen (secondary N) is 1. The normalized spacial score (nSPS) is 23.4. The van der Waals surface area contributed by atoms with Crippen molar-refractivity contribution < 1.29 is 18.0 Å². The summed E-state index contributed by atoms with van der Waals surface area (Å²) in [5, 5.41) is 3.31. The highest BCUT2D eigenvalue weighted by molar-refractivity contribution is 7.99. The molecular weight excluding hydrogens is 321 g/mol. The van der Waals surface area contributed by atoms with Crippen LogP contribution in [-0.4, -0.2) is 22.2 Å². The van der Waals surface area contributed by atoms with E-state index in [1.807, 2.05) is 0 Å². The summed E-state index contributed by atoms with van der Waals surface area (Å²) >= 11 is 1.95. The van der Waals surface area contributed by atoms with Gasteiger partial charge in [-0.05, 0) is 11.8 Å². The molecular formula is C13H17F3N2OS2. The van der Waals surface area contributed by atoms with Gasteiger partial charge in [0.2, 0.25) is 5.91 Å². The summed E-state index contributed by atoms with van der Waals surface area (Å²) in [4.78, 5) is 15.5. The third kappa shape index (κ3) is 4.12. The number of carbonyl (C=O) groups is 1. The molecule has 1 amide bonds. The van der Waals surface area contributed by atoms with E-state index >= 15 is 0 Å². The fraction of sp³-hybridized carbons (Fsp3) is 0.692. The maximum Gasteiger partial charge on any atom is 0.443 e. The minimum absolute atomic E-state index is 0.0188. The predicted octanol–water partition coefficient (Wildman–Crippen LogP) is 3.70. The van der Waals surface area contributed by atoms with Gasteiger partial charge in [-0.3, -0.25) is 4.79 Å². The molecule has 2 rings (SSSR count). The van der Waals surface area contributed by atoms with Crippen molar-refractivity contribution in [3.8, 4) is 0 Å². The minimum Gasteiger partial charge on any atom is -0.352 e. The summed E-state index contributed by atoms with van der Waals surface area (Å²) in [7, 11) is 0. The van der Waals surface area contributed by atoms with Crippen molar-refractivity contribution in [1.82, 2.24) is 10.3 Å². The number of carbonyl (C=O) groups excluding carboxylic acids is 1. The van der Waals surface area contributed by atoms with Gasteiger partial charge >= 0.3 is 6.18 Å². The largest absolute Gasteiger partial charge is 0.443 e. The maximum absolute atomic E-state index is 12.5. The van der Waals surface area contributed by atoms with Gasteiger partial charge in [-0.25, -0.2) is 4.98 Å². The molecule has 1 saturated heterocycles. The third-order valence-corrected chi connectivity index (χ3v) is 5.54. The molecule has 1 aromatic rings. The van der Waals surface area contributed by atoms with Gasteiger partial charge in [0, 0.05) is 17.2 Å². The molecule has 2 atom stereocenters. The Hall–Kier alpha value is -0.760. The zero-order valence-corrected chi connectivity index (χ0v) is 13.6. The molecule has 0 radical (unpaired) electrons. The molecule has 0 saturated carbocycles. The lowest BCUT2D eigenvalue weighted by atomic mass is 9.86. The molecule has 1 N–H and O–H groups in total. The van der Waals surface area contributed by atoms with E-state index in [0.717, 1.165) is 0 Å². The van der Waals surface area contributed by atoms with E-state index in [-0.39, 0.29) is 22.6 Å². The average molecular weight is 338 g/mol. The predicted molar refractivity (Wildman–Crippen MR) is 78.2 cm³/mol. The molecule has 8 heteroatoms. The minimum atomic E-state index is -4.39. The van der Waals surface area contributed by atoms with Crippen LogP contribution in [0.15, 0.2) is 5.38 Å². The Morgan fingerprint density at radius 2 is 2.10 bits per heavy atom. The van der Waals surface area contributed by atoms with Crippen molar-refractivity contribution in [3.63, 3.8) is 0 Å². The summed E-state index contributed by atoms with van der Waals surface area (Å²) < 4.78 is 37.4. The van der Waals surface area contributed by atoms with E-state index in [0.29, 0.717) is 29.2 Å². The SMILES string of the molecule is CC(C)(C)[C@@H]1C[C@H](SCc2csc(C(F)(F)F)n2)C(=O)N1. The Balaban J connectivity index is 1.92. The molecule has 0 spiro atoms. The zero-order chi connectivity index (χ0) is 15.8. The van der Waals surface area contributed by atoms with Crippen LogP contribution in [-0.2, 0) is 16.7 Å². The summed E-state index contributed by atoms with van der Waals surface area (Å²) in [5.41, 5.74) is 0.360. The van der Waals surface area contributed by atoms with Crippen LogP contribution in [0.2, 0.25) is 0 Å². The van der Waals surface area contributed by atoms with E-state index in [1.165, 1.54) is 17.1 Å². The van der Waals surface area contributed by atoms with Gasteiger partial charge in [0.1, 0.15) is 0 Å². The van der Waals surface area contributed by atoms with Crippen LogP contribution in [0, 0.1) is 5.41 Å². The fourth-order valence-corrected chi connectivity index (χ4v) is 3.91. The van der Waals surface area contributed by atoms with Gasteiger partial charge in [0.05, 0.1) is 10.9 Å². The van der Waals surface area contributed by atoms with E-state index in [2.05, 4.69) is 31.1 Å². The van der Waals surface area contributed by atoms with Crippen molar-refractivity contribution >= 4 is 29.0 Å². The summed E-state index contributed by atoms with van der Waals surface area (Å²) in [6.07, 6.45) is -3.70. The van der Waals surface area contributed by atoms with Gasteiger partial charge in [-0.1, -0.05) is 20.8 Å². The Labute approximate surface area is 129 Å². The molecule has 2 heterocycles. The smallest absolute Gasteiger partial charge is 0.352 e. The van der Waals surface area contributed by atoms with E-state index < -0.39 is 11.2 Å². The van der Waals surface area contributed by atoms with Gasteiger partial charge in [-0.15, -0.1) is 23.1 Å². The third-order valence-electron chi connectivity index (χ3n) is 3.33. The standard InChI is InChI=1S/C13H17F3N2OS2/c1-12(2,3)9-4-8(10(19)18-9)20-5-7-6-21-11(17-7)13(14,15)16/h6,8-9H,4-5H2,1-3H3,(H,18,19)/t8-,9-/m0/s1. The second-order valence-electron chi connectivity index (χ2n) is 6.10. The van der Waals surface area contributed by atoms with Crippen LogP contribution < -0.4 is 5.32 Å². The molecule has 1 aliphatic rings. The second kappa shape index (κ2) is 5.79. The van der Waals surface area contributed by atoms with Gasteiger partial charge in [-0.2, -0.15) is 13.2 Å². The Bertz CT molecular complexity index is 522. The molecule has 0 unspecified atom stereocenters. The van der Waals surface area contributed by atoms with Crippen LogP contribution in [0.1, 0.15) is 37.9 Å². The number of nitrogens with zero attached hydrogens (tertiary/aromatic N) is 1. The monoisotopic (exact) mass is 338 g/mol. The summed E-state index contributed by atoms with van der Waals surface area (Å²) in [6.45, 7) is 6.17. The first-order valence-electron chi connectivity index (χ1n) is 6.51. The summed E-state index contributed by atoms with van der Waals surface area (Å²) in [5.74, 6) is 0.285. The number of aromatic nitrogens is 1. The number of alkyl halides is 3. The molecule has 3 nitrogen and oxygen atoms in total. The first kappa shape index (κ1) is 16.6. The summed E-state index contributed by atoms with van der Waals surface area (Å²) in [6, 6.07) is 0.101. The molecule has 0 aliphatic carbocycles. The van der Waals surface area contributed by atoms with Crippen LogP contribution in [0.4, 0.5) is 13.2 Å². The van der Waals surface area contributed by atoms with Crippen molar-refractivity contribution in [2.45, 2.75) is 50.4 Å². The zero-order valence-electron chi connectivity index (χ0n) is 12.0. The molecule has 21 heavy (non-hydrogen) atoms. The van der Waals surface area contributed by atoms with Crippen LogP contribution in [0.25, 0.3) is 0 Å². The topological polar surface area (TPSA) is 42.0 Å². The molecule has 1 fully saturated rings. The van der Waals surface area contributed by atoms with Gasteiger partial charge in [0.25, 0.3) is 0 Å². The van der Waals surface area contributed by atoms with Crippen molar-refractivity contribution in [1.29, 1.82) is 0 Å². The van der Waals surface area contributed by atoms with Crippen LogP contribution in [0.3, 0.4) is 0 Å². The number of hydrogen-bond acceptors (Lipinski definition) is 4. The van der Waals surface area contributed by atoms with E-state index in [1.54, 1.807) is 0 Å². The van der Waals surface area contributed by atoms with Crippen LogP contribution in [0.5, 0.6) is 0 Å². The Morgan fingerprint density at radius 3 is 2.57 bits per heavy atom. The first-order valence-corrected chi connectivity index (χ1v) is 8.44. The number of hydrogen-bond donors (Lipinski definition) is 1. The Morgan fingerprint density at radius 1 is 1.43 bits per heavy atom. The lowest BCUT2D eigenvalue weighted by Gasteiger charge is -2.26. The molecule has 0 bridgehead atoms. The van der Waals surface area contributed by atoms with Gasteiger partial charge < -0.3 is 5.32 Å². The quantitative estimate of drug-likeness (QED) is 0.914. The van der Waals surface area contributed by atoms with Gasteiger partial charge in [0.15, 0.2) is 5.01 Å². The van der Waals surface area contributed by atoms with Crippen molar-refractivity contribution in [2.24, 2.45) is 5.41 Å². The average Bonchev–Trinajstić information content (AvgIpc) is 2.91. The number of rotatable bonds is 3. The van der Waals surface area contributed by atoms with E-state index in [4.69, 9.17) is 0 Å². The number of amides is 1. The number of halogens is 3. The molecule has 1 aromatic heterocycles. The lowest BCUT2D eigenvalue weighted by Crippen LogP contribution is -2.36. The number of thioether (sulfide) groups is 1. The highest BCUT2D eigenvalue weighted by Crippen LogP contribution is 2.35. The van der Waals surface area contributed by atoms with Crippen molar-refractivity contribution in [3.05, 3.63) is 16.1 Å². The molecule has 0 aromatic carbocycles. The van der Waals surface area contributed by atoms with Crippen LogP contribution >= 0.6 is 23.1 Å². The maximum atomic E-state index is 12.5.